The van der Waals surface area contributed by atoms with E-state index in [0.717, 1.165) is 12.1 Å². The second-order valence-electron chi connectivity index (χ2n) is 4.37. The van der Waals surface area contributed by atoms with E-state index < -0.39 is 21.7 Å². The van der Waals surface area contributed by atoms with Gasteiger partial charge in [0.15, 0.2) is 0 Å². The topological polar surface area (TPSA) is 72.2 Å². The molecule has 21 heavy (non-hydrogen) atoms. The summed E-state index contributed by atoms with van der Waals surface area (Å²) in [5, 5.41) is 0.222. The Morgan fingerprint density at radius 2 is 1.86 bits per heavy atom. The Labute approximate surface area is 125 Å². The number of rotatable bonds is 3. The van der Waals surface area contributed by atoms with Crippen LogP contribution in [0.15, 0.2) is 35.2 Å². The maximum Gasteiger partial charge on any atom is 0.262 e. The van der Waals surface area contributed by atoms with E-state index >= 15 is 0 Å². The summed E-state index contributed by atoms with van der Waals surface area (Å²) in [6.07, 6.45) is 0. The molecule has 0 unspecified atom stereocenters. The molecule has 2 aromatic rings. The van der Waals surface area contributed by atoms with E-state index in [1.165, 1.54) is 19.1 Å². The number of aryl methyl sites for hydroxylation is 1. The average molecular weight is 333 g/mol. The van der Waals surface area contributed by atoms with Crippen molar-refractivity contribution in [2.75, 3.05) is 10.5 Å². The highest BCUT2D eigenvalue weighted by Crippen LogP contribution is 2.28. The Morgan fingerprint density at radius 3 is 2.48 bits per heavy atom. The molecule has 0 aliphatic heterocycles. The molecule has 0 heterocycles. The zero-order valence-electron chi connectivity index (χ0n) is 10.8. The molecule has 0 aliphatic rings. The van der Waals surface area contributed by atoms with Gasteiger partial charge in [-0.15, -0.1) is 0 Å². The molecule has 0 bridgehead atoms. The van der Waals surface area contributed by atoms with Crippen LogP contribution in [-0.4, -0.2) is 8.42 Å². The summed E-state index contributed by atoms with van der Waals surface area (Å²) in [5.74, 6) is -1.82. The van der Waals surface area contributed by atoms with Crippen molar-refractivity contribution in [3.8, 4) is 0 Å². The molecule has 0 spiro atoms. The molecule has 4 nitrogen and oxygen atoms in total. The summed E-state index contributed by atoms with van der Waals surface area (Å²) in [6.45, 7) is 1.53. The van der Waals surface area contributed by atoms with Crippen LogP contribution in [0, 0.1) is 18.6 Å². The maximum atomic E-state index is 13.5. The van der Waals surface area contributed by atoms with Gasteiger partial charge in [0.2, 0.25) is 0 Å². The average Bonchev–Trinajstić information content (AvgIpc) is 2.37. The van der Waals surface area contributed by atoms with Crippen LogP contribution in [0.2, 0.25) is 5.02 Å². The molecule has 0 amide bonds. The van der Waals surface area contributed by atoms with Crippen molar-refractivity contribution in [3.05, 3.63) is 52.6 Å². The molecule has 0 saturated heterocycles. The van der Waals surface area contributed by atoms with Gasteiger partial charge in [-0.05, 0) is 36.8 Å². The van der Waals surface area contributed by atoms with Crippen molar-refractivity contribution in [2.24, 2.45) is 0 Å². The molecular formula is C13H11ClF2N2O2S. The monoisotopic (exact) mass is 332 g/mol. The molecule has 0 radical (unpaired) electrons. The number of sulfonamides is 1. The number of benzene rings is 2. The summed E-state index contributed by atoms with van der Waals surface area (Å²) >= 11 is 5.80. The number of hydrogen-bond donors (Lipinski definition) is 2. The lowest BCUT2D eigenvalue weighted by atomic mass is 10.2. The fourth-order valence-corrected chi connectivity index (χ4v) is 3.28. The molecule has 112 valence electrons. The predicted molar refractivity (Wildman–Crippen MR) is 77.8 cm³/mol. The van der Waals surface area contributed by atoms with Crippen LogP contribution < -0.4 is 10.5 Å². The first-order chi connectivity index (χ1) is 9.70. The van der Waals surface area contributed by atoms with Gasteiger partial charge in [0.1, 0.15) is 11.6 Å². The lowest BCUT2D eigenvalue weighted by molar-refractivity contribution is 0.582. The van der Waals surface area contributed by atoms with E-state index in [2.05, 4.69) is 0 Å². The summed E-state index contributed by atoms with van der Waals surface area (Å²) < 4.78 is 52.9. The molecule has 0 aromatic heterocycles. The fraction of sp³-hybridized carbons (Fsp3) is 0.0769. The first-order valence-electron chi connectivity index (χ1n) is 5.74. The van der Waals surface area contributed by atoms with Gasteiger partial charge in [-0.1, -0.05) is 11.6 Å². The quantitative estimate of drug-likeness (QED) is 0.847. The van der Waals surface area contributed by atoms with Gasteiger partial charge in [0.05, 0.1) is 21.3 Å². The van der Waals surface area contributed by atoms with E-state index in [1.807, 2.05) is 4.72 Å². The minimum absolute atomic E-state index is 0.0854. The Bertz CT molecular complexity index is 810. The molecule has 0 saturated carbocycles. The normalized spacial score (nSPS) is 11.4. The van der Waals surface area contributed by atoms with Crippen LogP contribution in [0.1, 0.15) is 5.56 Å². The van der Waals surface area contributed by atoms with E-state index in [1.54, 1.807) is 0 Å². The number of nitrogens with two attached hydrogens (primary N) is 1. The molecule has 2 rings (SSSR count). The molecular weight excluding hydrogens is 322 g/mol. The molecule has 8 heteroatoms. The van der Waals surface area contributed by atoms with Crippen molar-refractivity contribution >= 4 is 33.0 Å². The van der Waals surface area contributed by atoms with Crippen molar-refractivity contribution in [3.63, 3.8) is 0 Å². The zero-order valence-corrected chi connectivity index (χ0v) is 12.4. The van der Waals surface area contributed by atoms with E-state index in [0.29, 0.717) is 11.6 Å². The first-order valence-corrected chi connectivity index (χ1v) is 7.60. The third kappa shape index (κ3) is 3.25. The van der Waals surface area contributed by atoms with Gasteiger partial charge >= 0.3 is 0 Å². The zero-order chi connectivity index (χ0) is 15.8. The van der Waals surface area contributed by atoms with Gasteiger partial charge in [-0.3, -0.25) is 4.72 Å². The van der Waals surface area contributed by atoms with Gasteiger partial charge in [0.25, 0.3) is 10.0 Å². The van der Waals surface area contributed by atoms with Crippen LogP contribution in [0.5, 0.6) is 0 Å². The Balaban J connectivity index is 2.46. The van der Waals surface area contributed by atoms with Gasteiger partial charge in [-0.25, -0.2) is 17.2 Å². The Kier molecular flexibility index (Phi) is 4.06. The second kappa shape index (κ2) is 5.50. The maximum absolute atomic E-state index is 13.5. The molecule has 0 fully saturated rings. The van der Waals surface area contributed by atoms with Crippen LogP contribution in [0.3, 0.4) is 0 Å². The highest BCUT2D eigenvalue weighted by Gasteiger charge is 2.20. The number of nitrogen functional groups attached to an aromatic ring is 1. The minimum atomic E-state index is -4.07. The van der Waals surface area contributed by atoms with Crippen LogP contribution in [0.25, 0.3) is 0 Å². The highest BCUT2D eigenvalue weighted by atomic mass is 35.5. The standard InChI is InChI=1S/C13H11ClF2N2O2S/c1-7-4-9(14)11(17)6-13(7)21(19,20)18-12-3-2-8(15)5-10(12)16/h2-6,18H,17H2,1H3. The molecule has 0 atom stereocenters. The SMILES string of the molecule is Cc1cc(Cl)c(N)cc1S(=O)(=O)Nc1ccc(F)cc1F. The van der Waals surface area contributed by atoms with E-state index in [-0.39, 0.29) is 21.3 Å². The lowest BCUT2D eigenvalue weighted by Gasteiger charge is -2.12. The van der Waals surface area contributed by atoms with E-state index in [9.17, 15) is 17.2 Å². The lowest BCUT2D eigenvalue weighted by Crippen LogP contribution is -2.15. The predicted octanol–water partition coefficient (Wildman–Crippen LogP) is 3.31. The third-order valence-corrected chi connectivity index (χ3v) is 4.59. The number of nitrogens with one attached hydrogen (secondary N) is 1. The first kappa shape index (κ1) is 15.5. The summed E-state index contributed by atoms with van der Waals surface area (Å²) in [6, 6.07) is 5.11. The largest absolute Gasteiger partial charge is 0.397 e. The highest BCUT2D eigenvalue weighted by molar-refractivity contribution is 7.92. The van der Waals surface area contributed by atoms with Crippen LogP contribution in [-0.2, 0) is 10.0 Å². The number of halogens is 3. The third-order valence-electron chi connectivity index (χ3n) is 2.76. The van der Waals surface area contributed by atoms with E-state index in [4.69, 9.17) is 17.3 Å². The molecule has 3 N–H and O–H groups in total. The van der Waals surface area contributed by atoms with Crippen LogP contribution in [0.4, 0.5) is 20.2 Å². The summed E-state index contributed by atoms with van der Waals surface area (Å²) in [5.41, 5.74) is 5.66. The van der Waals surface area contributed by atoms with Gasteiger partial charge in [0, 0.05) is 6.07 Å². The summed E-state index contributed by atoms with van der Waals surface area (Å²) in [7, 11) is -4.07. The van der Waals surface area contributed by atoms with Gasteiger partial charge in [-0.2, -0.15) is 0 Å². The van der Waals surface area contributed by atoms with Crippen molar-refractivity contribution in [1.29, 1.82) is 0 Å². The molecule has 0 aliphatic carbocycles. The minimum Gasteiger partial charge on any atom is -0.397 e. The van der Waals surface area contributed by atoms with Crippen molar-refractivity contribution < 1.29 is 17.2 Å². The smallest absolute Gasteiger partial charge is 0.262 e. The number of hydrogen-bond acceptors (Lipinski definition) is 3. The summed E-state index contributed by atoms with van der Waals surface area (Å²) in [4.78, 5) is -0.131. The van der Waals surface area contributed by atoms with Gasteiger partial charge < -0.3 is 5.73 Å². The van der Waals surface area contributed by atoms with Crippen molar-refractivity contribution in [2.45, 2.75) is 11.8 Å². The van der Waals surface area contributed by atoms with Crippen molar-refractivity contribution in [1.82, 2.24) is 0 Å². The fourth-order valence-electron chi connectivity index (χ4n) is 1.73. The number of anilines is 2. The Hall–Kier alpha value is -1.86. The Morgan fingerprint density at radius 1 is 1.19 bits per heavy atom. The molecule has 2 aromatic carbocycles. The second-order valence-corrected chi connectivity index (χ2v) is 6.43. The van der Waals surface area contributed by atoms with Crippen LogP contribution >= 0.6 is 11.6 Å².